The van der Waals surface area contributed by atoms with Crippen LogP contribution in [0.25, 0.3) is 0 Å². The molecule has 14 heavy (non-hydrogen) atoms. The van der Waals surface area contributed by atoms with Crippen molar-refractivity contribution in [1.82, 2.24) is 4.90 Å². The Morgan fingerprint density at radius 2 is 2.57 bits per heavy atom. The molecule has 1 rings (SSSR count). The van der Waals surface area contributed by atoms with Crippen LogP contribution in [0, 0.1) is 11.3 Å². The fourth-order valence-electron chi connectivity index (χ4n) is 1.49. The van der Waals surface area contributed by atoms with E-state index in [1.807, 2.05) is 11.8 Å². The number of nitriles is 1. The number of hydrogen-bond acceptors (Lipinski definition) is 4. The molecule has 2 atom stereocenters. The highest BCUT2D eigenvalue weighted by Crippen LogP contribution is 2.11. The van der Waals surface area contributed by atoms with Gasteiger partial charge in [0.1, 0.15) is 0 Å². The van der Waals surface area contributed by atoms with Gasteiger partial charge in [0.2, 0.25) is 0 Å². The molecular weight excluding hydrogens is 184 g/mol. The number of carbonyl (C=O) groups is 1. The van der Waals surface area contributed by atoms with Crippen molar-refractivity contribution < 1.29 is 14.6 Å². The van der Waals surface area contributed by atoms with Gasteiger partial charge in [0.25, 0.3) is 0 Å². The summed E-state index contributed by atoms with van der Waals surface area (Å²) in [5.74, 6) is -0.860. The number of carboxylic acids is 1. The summed E-state index contributed by atoms with van der Waals surface area (Å²) in [4.78, 5) is 12.4. The summed E-state index contributed by atoms with van der Waals surface area (Å²) in [7, 11) is 0. The van der Waals surface area contributed by atoms with E-state index >= 15 is 0 Å². The van der Waals surface area contributed by atoms with E-state index in [1.54, 1.807) is 0 Å². The number of hydrogen-bond donors (Lipinski definition) is 1. The zero-order chi connectivity index (χ0) is 10.6. The molecule has 78 valence electrons. The lowest BCUT2D eigenvalue weighted by molar-refractivity contribution is -0.142. The molecule has 5 heteroatoms. The molecule has 0 aromatic heterocycles. The molecule has 0 bridgehead atoms. The molecule has 0 radical (unpaired) electrons. The highest BCUT2D eigenvalue weighted by atomic mass is 16.5. The van der Waals surface area contributed by atoms with Gasteiger partial charge in [0.05, 0.1) is 31.2 Å². The van der Waals surface area contributed by atoms with Gasteiger partial charge in [0.15, 0.2) is 0 Å². The third-order valence-corrected chi connectivity index (χ3v) is 2.31. The van der Waals surface area contributed by atoms with Crippen LogP contribution in [0.2, 0.25) is 0 Å². The molecule has 2 unspecified atom stereocenters. The lowest BCUT2D eigenvalue weighted by Gasteiger charge is -2.33. The van der Waals surface area contributed by atoms with E-state index in [-0.39, 0.29) is 18.6 Å². The molecule has 1 heterocycles. The minimum atomic E-state index is -0.860. The first-order valence-corrected chi connectivity index (χ1v) is 4.60. The second-order valence-corrected chi connectivity index (χ2v) is 3.39. The number of nitrogens with zero attached hydrogens (tertiary/aromatic N) is 2. The zero-order valence-corrected chi connectivity index (χ0v) is 8.14. The zero-order valence-electron chi connectivity index (χ0n) is 8.14. The van der Waals surface area contributed by atoms with Crippen LogP contribution in [-0.2, 0) is 9.53 Å². The molecule has 0 aromatic carbocycles. The Bertz CT molecular complexity index is 249. The molecule has 1 aliphatic rings. The Labute approximate surface area is 82.9 Å². The van der Waals surface area contributed by atoms with Gasteiger partial charge in [-0.1, -0.05) is 0 Å². The van der Waals surface area contributed by atoms with Crippen molar-refractivity contribution in [3.63, 3.8) is 0 Å². The number of carboxylic acid groups (broad SMARTS) is 1. The van der Waals surface area contributed by atoms with Crippen LogP contribution in [0.1, 0.15) is 13.3 Å². The van der Waals surface area contributed by atoms with Crippen molar-refractivity contribution in [2.75, 3.05) is 19.7 Å². The van der Waals surface area contributed by atoms with E-state index in [1.165, 1.54) is 0 Å². The van der Waals surface area contributed by atoms with Crippen molar-refractivity contribution >= 4 is 5.97 Å². The molecular formula is C9H14N2O3. The summed E-state index contributed by atoms with van der Waals surface area (Å²) in [5.41, 5.74) is 0. The van der Waals surface area contributed by atoms with Crippen molar-refractivity contribution in [3.05, 3.63) is 0 Å². The Hall–Kier alpha value is -1.12. The average Bonchev–Trinajstić information content (AvgIpc) is 2.16. The van der Waals surface area contributed by atoms with Crippen molar-refractivity contribution in [3.8, 4) is 6.07 Å². The van der Waals surface area contributed by atoms with E-state index in [2.05, 4.69) is 6.07 Å². The highest BCUT2D eigenvalue weighted by molar-refractivity contribution is 5.67. The first-order chi connectivity index (χ1) is 6.63. The Morgan fingerprint density at radius 3 is 3.14 bits per heavy atom. The maximum absolute atomic E-state index is 10.5. The molecule has 1 saturated heterocycles. The number of rotatable bonds is 3. The van der Waals surface area contributed by atoms with Crippen molar-refractivity contribution in [2.45, 2.75) is 25.5 Å². The third-order valence-electron chi connectivity index (χ3n) is 2.31. The molecule has 0 saturated carbocycles. The average molecular weight is 198 g/mol. The molecule has 5 nitrogen and oxygen atoms in total. The van der Waals surface area contributed by atoms with Crippen LogP contribution in [0.5, 0.6) is 0 Å². The standard InChI is InChI=1S/C9H14N2O3/c1-7(5-10)11-2-3-14-8(6-11)4-9(12)13/h7-8H,2-4,6H2,1H3,(H,12,13). The monoisotopic (exact) mass is 198 g/mol. The Balaban J connectivity index is 2.44. The van der Waals surface area contributed by atoms with Crippen LogP contribution in [0.4, 0.5) is 0 Å². The van der Waals surface area contributed by atoms with Gasteiger partial charge in [-0.15, -0.1) is 0 Å². The molecule has 0 amide bonds. The lowest BCUT2D eigenvalue weighted by Crippen LogP contribution is -2.46. The van der Waals surface area contributed by atoms with Gasteiger partial charge in [0, 0.05) is 13.1 Å². The molecule has 0 aliphatic carbocycles. The topological polar surface area (TPSA) is 73.6 Å². The lowest BCUT2D eigenvalue weighted by atomic mass is 10.2. The van der Waals surface area contributed by atoms with Gasteiger partial charge in [-0.25, -0.2) is 0 Å². The number of ether oxygens (including phenoxy) is 1. The van der Waals surface area contributed by atoms with Crippen LogP contribution in [0.3, 0.4) is 0 Å². The summed E-state index contributed by atoms with van der Waals surface area (Å²) in [6.45, 7) is 3.54. The minimum Gasteiger partial charge on any atom is -0.481 e. The summed E-state index contributed by atoms with van der Waals surface area (Å²) in [5, 5.41) is 17.3. The van der Waals surface area contributed by atoms with Crippen LogP contribution in [-0.4, -0.2) is 47.8 Å². The Morgan fingerprint density at radius 1 is 1.86 bits per heavy atom. The maximum Gasteiger partial charge on any atom is 0.306 e. The first kappa shape index (κ1) is 11.0. The molecule has 1 aliphatic heterocycles. The van der Waals surface area contributed by atoms with E-state index in [9.17, 15) is 4.79 Å². The Kier molecular flexibility index (Phi) is 3.86. The summed E-state index contributed by atoms with van der Waals surface area (Å²) in [6.07, 6.45) is -0.272. The van der Waals surface area contributed by atoms with Gasteiger partial charge < -0.3 is 9.84 Å². The summed E-state index contributed by atoms with van der Waals surface area (Å²) >= 11 is 0. The fourth-order valence-corrected chi connectivity index (χ4v) is 1.49. The molecule has 1 fully saturated rings. The predicted octanol–water partition coefficient (Wildman–Crippen LogP) is 0.0740. The van der Waals surface area contributed by atoms with Gasteiger partial charge in [-0.3, -0.25) is 9.69 Å². The van der Waals surface area contributed by atoms with Crippen LogP contribution < -0.4 is 0 Å². The van der Waals surface area contributed by atoms with E-state index < -0.39 is 5.97 Å². The van der Waals surface area contributed by atoms with Crippen LogP contribution >= 0.6 is 0 Å². The minimum absolute atomic E-state index is 0.00858. The fraction of sp³-hybridized carbons (Fsp3) is 0.778. The highest BCUT2D eigenvalue weighted by Gasteiger charge is 2.25. The van der Waals surface area contributed by atoms with Gasteiger partial charge in [-0.05, 0) is 6.92 Å². The van der Waals surface area contributed by atoms with Gasteiger partial charge in [-0.2, -0.15) is 5.26 Å². The van der Waals surface area contributed by atoms with Crippen molar-refractivity contribution in [2.24, 2.45) is 0 Å². The SMILES string of the molecule is CC(C#N)N1CCOC(CC(=O)O)C1. The number of morpholine rings is 1. The summed E-state index contributed by atoms with van der Waals surface area (Å²) < 4.78 is 5.28. The van der Waals surface area contributed by atoms with Gasteiger partial charge >= 0.3 is 5.97 Å². The van der Waals surface area contributed by atoms with E-state index in [0.29, 0.717) is 19.7 Å². The van der Waals surface area contributed by atoms with Crippen LogP contribution in [0.15, 0.2) is 0 Å². The molecule has 0 aromatic rings. The second kappa shape index (κ2) is 4.94. The molecule has 1 N–H and O–H groups in total. The second-order valence-electron chi connectivity index (χ2n) is 3.39. The molecule has 0 spiro atoms. The predicted molar refractivity (Wildman–Crippen MR) is 48.6 cm³/mol. The largest absolute Gasteiger partial charge is 0.481 e. The number of aliphatic carboxylic acids is 1. The van der Waals surface area contributed by atoms with Crippen molar-refractivity contribution in [1.29, 1.82) is 5.26 Å². The van der Waals surface area contributed by atoms with E-state index in [4.69, 9.17) is 15.1 Å². The third kappa shape index (κ3) is 2.98. The summed E-state index contributed by atoms with van der Waals surface area (Å²) in [6, 6.07) is 1.96. The first-order valence-electron chi connectivity index (χ1n) is 4.60. The maximum atomic E-state index is 10.5. The van der Waals surface area contributed by atoms with E-state index in [0.717, 1.165) is 0 Å². The normalized spacial score (nSPS) is 25.3. The quantitative estimate of drug-likeness (QED) is 0.694. The smallest absolute Gasteiger partial charge is 0.306 e.